The molecule has 55 heavy (non-hydrogen) atoms. The van der Waals surface area contributed by atoms with Gasteiger partial charge in [0.25, 0.3) is 0 Å². The normalized spacial score (nSPS) is 6.64. The van der Waals surface area contributed by atoms with Crippen LogP contribution in [-0.2, 0) is 24.0 Å². The minimum absolute atomic E-state index is 0. The number of halogens is 2. The molecule has 0 fully saturated rings. The number of carboxylic acids is 3. The summed E-state index contributed by atoms with van der Waals surface area (Å²) in [6.07, 6.45) is 5.68. The van der Waals surface area contributed by atoms with Gasteiger partial charge in [0.05, 0.1) is 0 Å². The average Bonchev–Trinajstić information content (AvgIpc) is 3.14. The minimum atomic E-state index is -2.33. The van der Waals surface area contributed by atoms with E-state index in [9.17, 15) is 19.5 Å². The summed E-state index contributed by atoms with van der Waals surface area (Å²) in [6, 6.07) is 29.8. The summed E-state index contributed by atoms with van der Waals surface area (Å²) in [7, 11) is 0. The summed E-state index contributed by atoms with van der Waals surface area (Å²) >= 11 is 0. The van der Waals surface area contributed by atoms with Gasteiger partial charge in [0, 0.05) is 19.2 Å². The molecule has 0 saturated heterocycles. The zero-order valence-corrected chi connectivity index (χ0v) is 36.0. The summed E-state index contributed by atoms with van der Waals surface area (Å²) < 4.78 is 0. The van der Waals surface area contributed by atoms with Crippen molar-refractivity contribution in [1.29, 1.82) is 0 Å². The Balaban J connectivity index is -0.0000000502. The fraction of sp³-hybridized carbons (Fsp3) is 0.146. The molecule has 0 bridgehead atoms. The number of rotatable bonds is 5. The maximum absolute atomic E-state index is 11.7. The number of carbonyl (C=O) groups excluding carboxylic acids is 2. The predicted molar refractivity (Wildman–Crippen MR) is 214 cm³/mol. The summed E-state index contributed by atoms with van der Waals surface area (Å²) in [5.41, 5.74) is 0. The van der Waals surface area contributed by atoms with Crippen molar-refractivity contribution in [1.82, 2.24) is 0 Å². The number of carboxylic acid groups (broad SMARTS) is 3. The van der Waals surface area contributed by atoms with E-state index in [4.69, 9.17) is 19.8 Å². The van der Waals surface area contributed by atoms with Crippen LogP contribution in [0.3, 0.4) is 0 Å². The van der Waals surface area contributed by atoms with Crippen molar-refractivity contribution >= 4 is 52.7 Å². The van der Waals surface area contributed by atoms with Gasteiger partial charge in [-0.15, -0.1) is 49.2 Å². The zero-order valence-electron chi connectivity index (χ0n) is 33.0. The molecule has 0 spiro atoms. The average molecular weight is 811 g/mol. The molecule has 0 amide bonds. The van der Waals surface area contributed by atoms with Gasteiger partial charge in [-0.2, -0.15) is 9.59 Å². The van der Waals surface area contributed by atoms with Crippen LogP contribution in [0.2, 0.25) is 0 Å². The second-order valence-electron chi connectivity index (χ2n) is 7.79. The Morgan fingerprint density at radius 1 is 0.636 bits per heavy atom. The molecule has 0 aliphatic rings. The first-order valence-corrected chi connectivity index (χ1v) is 16.0. The van der Waals surface area contributed by atoms with E-state index in [0.717, 1.165) is 22.0 Å². The molecule has 10 nitrogen and oxygen atoms in total. The van der Waals surface area contributed by atoms with Gasteiger partial charge in [0.15, 0.2) is 0 Å². The van der Waals surface area contributed by atoms with E-state index in [1.54, 1.807) is 6.92 Å². The summed E-state index contributed by atoms with van der Waals surface area (Å²) in [4.78, 5) is 46.6. The number of carbonyl (C=O) groups is 3. The molecule has 0 atom stereocenters. The fourth-order valence-electron chi connectivity index (χ4n) is 2.93. The topological polar surface area (TPSA) is 206 Å². The molecule has 3 aromatic carbocycles. The van der Waals surface area contributed by atoms with Crippen LogP contribution in [0.5, 0.6) is 0 Å². The van der Waals surface area contributed by atoms with E-state index < -0.39 is 24.8 Å². The largest absolute Gasteiger partial charge is 1.00 e. The molecule has 0 unspecified atom stereocenters. The number of terminal acetylenes is 1. The molecule has 0 heterocycles. The second-order valence-corrected chi connectivity index (χ2v) is 11.0. The van der Waals surface area contributed by atoms with Crippen LogP contribution in [0.25, 0.3) is 0 Å². The SMILES string of the molecule is C#CC.C=C.C=CC(=O)O.CC#CC.CC#CC.CC#CC(=O)O.O=C(O)C=P(c1ccccc1)(c1ccccc1)c1ccccc1.O=C=O.[F-].[F-].[H-].[HH].[K+].[OH-].[OH-]. The molecule has 298 valence electrons. The molecule has 0 saturated carbocycles. The van der Waals surface area contributed by atoms with Gasteiger partial charge < -0.3 is 37.1 Å². The number of benzene rings is 3. The molecule has 5 N–H and O–H groups in total. The van der Waals surface area contributed by atoms with E-state index >= 15 is 0 Å². The van der Waals surface area contributed by atoms with E-state index in [2.05, 4.69) is 61.7 Å². The Labute approximate surface area is 369 Å². The maximum Gasteiger partial charge on any atom is 1.00 e. The third-order valence-electron chi connectivity index (χ3n) is 4.70. The molecule has 0 radical (unpaired) electrons. The first kappa shape index (κ1) is 74.9. The Bertz CT molecular complexity index is 1590. The van der Waals surface area contributed by atoms with Crippen molar-refractivity contribution in [3.8, 4) is 47.9 Å². The van der Waals surface area contributed by atoms with Crippen molar-refractivity contribution in [3.63, 3.8) is 0 Å². The molecule has 0 aliphatic carbocycles. The van der Waals surface area contributed by atoms with Crippen molar-refractivity contribution < 1.29 is 114 Å². The minimum Gasteiger partial charge on any atom is -1.00 e. The Hall–Kier alpha value is -5.11. The standard InChI is InChI=1S/C20H17O2P.C4H4O2.2C4H6.C3H4O2.C3H4.C2H4.CO2.2FH.K.2H2O.H2.H/c21-20(22)16-23(17-10-4-1-5-11-17,18-12-6-2-7-13-18)19-14-8-3-9-15-19;1-2-3-4(5)6;2*1-3-4-2;1-2-3(4)5;1-3-2;1-2;2-1-3;;;;;;;/h1-16H,(H,21,22);1H3,(H,5,6);2*1-2H3;2H,1H2,(H,4,5);1H,2H3;1-2H2;;2*1H;;2*1H2;1H;/q;;;;;;;;;;+1;;;;-1/p-4. The van der Waals surface area contributed by atoms with E-state index in [-0.39, 0.29) is 80.8 Å². The van der Waals surface area contributed by atoms with Gasteiger partial charge in [0.2, 0.25) is 0 Å². The molecule has 14 heteroatoms. The fourth-order valence-corrected chi connectivity index (χ4v) is 6.53. The zero-order chi connectivity index (χ0) is 39.6. The van der Waals surface area contributed by atoms with E-state index in [1.165, 1.54) is 12.7 Å². The van der Waals surface area contributed by atoms with Crippen LogP contribution >= 0.6 is 6.89 Å². The predicted octanol–water partition coefficient (Wildman–Crippen LogP) is -2.85. The molecule has 3 rings (SSSR count). The second kappa shape index (κ2) is 58.2. The number of hydrogen-bond acceptors (Lipinski definition) is 7. The summed E-state index contributed by atoms with van der Waals surface area (Å²) in [5.74, 6) is 15.6. The Morgan fingerprint density at radius 3 is 0.964 bits per heavy atom. The first-order valence-electron chi connectivity index (χ1n) is 14.1. The quantitative estimate of drug-likeness (QED) is 0.0792. The summed E-state index contributed by atoms with van der Waals surface area (Å²) in [6.45, 7) is 17.0. The molecule has 0 aliphatic heterocycles. The van der Waals surface area contributed by atoms with Crippen molar-refractivity contribution in [3.05, 3.63) is 117 Å². The van der Waals surface area contributed by atoms with Crippen LogP contribution in [0.4, 0.5) is 0 Å². The van der Waals surface area contributed by atoms with Gasteiger partial charge in [0.1, 0.15) is 0 Å². The van der Waals surface area contributed by atoms with Crippen LogP contribution in [-0.4, -0.2) is 56.1 Å². The van der Waals surface area contributed by atoms with Gasteiger partial charge in [-0.05, 0) is 64.3 Å². The van der Waals surface area contributed by atoms with Crippen LogP contribution in [0.1, 0.15) is 44.4 Å². The van der Waals surface area contributed by atoms with Crippen LogP contribution in [0, 0.1) is 47.9 Å². The van der Waals surface area contributed by atoms with Crippen LogP contribution in [0.15, 0.2) is 117 Å². The van der Waals surface area contributed by atoms with Gasteiger partial charge in [-0.3, -0.25) is 0 Å². The molecular weight excluding hydrogens is 761 g/mol. The third-order valence-corrected chi connectivity index (χ3v) is 8.65. The first-order chi connectivity index (χ1) is 23.9. The smallest absolute Gasteiger partial charge is 1.00 e. The molecule has 3 aromatic rings. The third kappa shape index (κ3) is 45.0. The monoisotopic (exact) mass is 810 g/mol. The Kier molecular flexibility index (Phi) is 79.3. The van der Waals surface area contributed by atoms with Gasteiger partial charge >= 0.3 is 75.4 Å². The number of aliphatic carboxylic acids is 3. The number of hydrogen-bond donors (Lipinski definition) is 3. The van der Waals surface area contributed by atoms with Crippen molar-refractivity contribution in [2.24, 2.45) is 0 Å². The van der Waals surface area contributed by atoms with Crippen molar-refractivity contribution in [2.75, 3.05) is 0 Å². The Morgan fingerprint density at radius 2 is 0.855 bits per heavy atom. The van der Waals surface area contributed by atoms with E-state index in [1.807, 2.05) is 125 Å². The maximum atomic E-state index is 11.7. The summed E-state index contributed by atoms with van der Waals surface area (Å²) in [5, 5.41) is 28.1. The molecular formula is C41H50F2KO10P-4. The van der Waals surface area contributed by atoms with Gasteiger partial charge in [-0.25, -0.2) is 14.4 Å². The van der Waals surface area contributed by atoms with Crippen molar-refractivity contribution in [2.45, 2.75) is 41.5 Å². The molecule has 0 aromatic heterocycles. The van der Waals surface area contributed by atoms with Gasteiger partial charge in [-0.1, -0.05) is 103 Å². The van der Waals surface area contributed by atoms with E-state index in [0.29, 0.717) is 0 Å². The van der Waals surface area contributed by atoms with Crippen LogP contribution < -0.4 is 76.7 Å².